The van der Waals surface area contributed by atoms with Crippen molar-refractivity contribution in [1.29, 1.82) is 0 Å². The SMILES string of the molecule is C[C@@H]1COC[C@@H](C)N1C(=O)c1ccco1. The molecule has 1 saturated heterocycles. The first kappa shape index (κ1) is 10.2. The predicted octanol–water partition coefficient (Wildman–Crippen LogP) is 1.53. The van der Waals surface area contributed by atoms with Crippen molar-refractivity contribution >= 4 is 5.91 Å². The van der Waals surface area contributed by atoms with Gasteiger partial charge in [0.1, 0.15) is 0 Å². The molecule has 4 nitrogen and oxygen atoms in total. The number of amides is 1. The summed E-state index contributed by atoms with van der Waals surface area (Å²) in [6.45, 7) is 5.15. The van der Waals surface area contributed by atoms with Crippen LogP contribution in [0.15, 0.2) is 22.8 Å². The minimum Gasteiger partial charge on any atom is -0.459 e. The number of rotatable bonds is 1. The standard InChI is InChI=1S/C11H15NO3/c1-8-6-14-7-9(2)12(8)11(13)10-4-3-5-15-10/h3-5,8-9H,6-7H2,1-2H3/t8-,9-/m1/s1. The van der Waals surface area contributed by atoms with E-state index in [0.29, 0.717) is 19.0 Å². The minimum absolute atomic E-state index is 0.0525. The molecule has 2 heterocycles. The Kier molecular flexibility index (Phi) is 2.77. The molecule has 2 atom stereocenters. The zero-order valence-corrected chi connectivity index (χ0v) is 8.97. The van der Waals surface area contributed by atoms with Crippen LogP contribution in [0.2, 0.25) is 0 Å². The molecule has 0 radical (unpaired) electrons. The molecule has 0 aliphatic carbocycles. The molecule has 0 unspecified atom stereocenters. The Morgan fingerprint density at radius 3 is 2.60 bits per heavy atom. The number of morpholine rings is 1. The van der Waals surface area contributed by atoms with E-state index in [9.17, 15) is 4.79 Å². The van der Waals surface area contributed by atoms with Gasteiger partial charge >= 0.3 is 0 Å². The van der Waals surface area contributed by atoms with Crippen LogP contribution in [0, 0.1) is 0 Å². The van der Waals surface area contributed by atoms with E-state index < -0.39 is 0 Å². The second-order valence-corrected chi connectivity index (χ2v) is 3.93. The van der Waals surface area contributed by atoms with E-state index >= 15 is 0 Å². The fraction of sp³-hybridized carbons (Fsp3) is 0.545. The van der Waals surface area contributed by atoms with E-state index in [0.717, 1.165) is 0 Å². The highest BCUT2D eigenvalue weighted by atomic mass is 16.5. The van der Waals surface area contributed by atoms with Crippen LogP contribution in [0.4, 0.5) is 0 Å². The van der Waals surface area contributed by atoms with Crippen LogP contribution in [-0.2, 0) is 4.74 Å². The highest BCUT2D eigenvalue weighted by molar-refractivity contribution is 5.91. The van der Waals surface area contributed by atoms with E-state index in [1.165, 1.54) is 6.26 Å². The molecule has 4 heteroatoms. The molecular formula is C11H15NO3. The van der Waals surface area contributed by atoms with E-state index in [2.05, 4.69) is 0 Å². The van der Waals surface area contributed by atoms with Crippen LogP contribution in [0.3, 0.4) is 0 Å². The second-order valence-electron chi connectivity index (χ2n) is 3.93. The normalized spacial score (nSPS) is 26.7. The molecule has 1 aromatic rings. The zero-order chi connectivity index (χ0) is 10.8. The monoisotopic (exact) mass is 209 g/mol. The van der Waals surface area contributed by atoms with Crippen LogP contribution in [0.5, 0.6) is 0 Å². The maximum absolute atomic E-state index is 12.1. The highest BCUT2D eigenvalue weighted by Gasteiger charge is 2.31. The summed E-state index contributed by atoms with van der Waals surface area (Å²) >= 11 is 0. The molecule has 0 N–H and O–H groups in total. The van der Waals surface area contributed by atoms with Gasteiger partial charge in [-0.3, -0.25) is 4.79 Å². The first-order valence-corrected chi connectivity index (χ1v) is 5.14. The van der Waals surface area contributed by atoms with Gasteiger partial charge in [-0.15, -0.1) is 0 Å². The molecule has 2 rings (SSSR count). The summed E-state index contributed by atoms with van der Waals surface area (Å²) in [6.07, 6.45) is 1.52. The maximum Gasteiger partial charge on any atom is 0.290 e. The maximum atomic E-state index is 12.1. The van der Waals surface area contributed by atoms with Crippen molar-refractivity contribution in [3.8, 4) is 0 Å². The second kappa shape index (κ2) is 4.06. The average molecular weight is 209 g/mol. The molecule has 82 valence electrons. The smallest absolute Gasteiger partial charge is 0.290 e. The van der Waals surface area contributed by atoms with Crippen LogP contribution in [0.25, 0.3) is 0 Å². The van der Waals surface area contributed by atoms with Gasteiger partial charge in [-0.05, 0) is 26.0 Å². The zero-order valence-electron chi connectivity index (χ0n) is 8.97. The van der Waals surface area contributed by atoms with Crippen molar-refractivity contribution in [1.82, 2.24) is 4.90 Å². The summed E-state index contributed by atoms with van der Waals surface area (Å²) in [4.78, 5) is 13.9. The molecule has 15 heavy (non-hydrogen) atoms. The fourth-order valence-electron chi connectivity index (χ4n) is 1.93. The van der Waals surface area contributed by atoms with Gasteiger partial charge in [0, 0.05) is 0 Å². The summed E-state index contributed by atoms with van der Waals surface area (Å²) in [5, 5.41) is 0. The molecule has 0 aromatic carbocycles. The Bertz CT molecular complexity index is 324. The van der Waals surface area contributed by atoms with Crippen molar-refractivity contribution in [2.75, 3.05) is 13.2 Å². The van der Waals surface area contributed by atoms with E-state index in [1.807, 2.05) is 18.7 Å². The number of hydrogen-bond acceptors (Lipinski definition) is 3. The molecule has 0 bridgehead atoms. The summed E-state index contributed by atoms with van der Waals surface area (Å²) in [5.41, 5.74) is 0. The molecule has 0 spiro atoms. The molecule has 1 aromatic heterocycles. The molecular weight excluding hydrogens is 194 g/mol. The number of carbonyl (C=O) groups is 1. The van der Waals surface area contributed by atoms with Gasteiger partial charge in [0.25, 0.3) is 5.91 Å². The summed E-state index contributed by atoms with van der Waals surface area (Å²) in [7, 11) is 0. The van der Waals surface area contributed by atoms with Gasteiger partial charge in [0.2, 0.25) is 0 Å². The Balaban J connectivity index is 2.17. The first-order chi connectivity index (χ1) is 7.20. The van der Waals surface area contributed by atoms with Gasteiger partial charge in [0.15, 0.2) is 5.76 Å². The molecule has 1 fully saturated rings. The van der Waals surface area contributed by atoms with Gasteiger partial charge in [0.05, 0.1) is 31.6 Å². The topological polar surface area (TPSA) is 42.7 Å². The molecule has 1 amide bonds. The Morgan fingerprint density at radius 1 is 1.40 bits per heavy atom. The number of ether oxygens (including phenoxy) is 1. The number of carbonyl (C=O) groups excluding carboxylic acids is 1. The van der Waals surface area contributed by atoms with Crippen molar-refractivity contribution in [2.24, 2.45) is 0 Å². The lowest BCUT2D eigenvalue weighted by Crippen LogP contribution is -2.52. The summed E-state index contributed by atoms with van der Waals surface area (Å²) < 4.78 is 10.5. The Hall–Kier alpha value is -1.29. The summed E-state index contributed by atoms with van der Waals surface area (Å²) in [5.74, 6) is 0.346. The third-order valence-electron chi connectivity index (χ3n) is 2.63. The van der Waals surface area contributed by atoms with Crippen molar-refractivity contribution < 1.29 is 13.9 Å². The van der Waals surface area contributed by atoms with E-state index in [-0.39, 0.29) is 18.0 Å². The van der Waals surface area contributed by atoms with Crippen molar-refractivity contribution in [3.05, 3.63) is 24.2 Å². The van der Waals surface area contributed by atoms with Crippen LogP contribution in [0.1, 0.15) is 24.4 Å². The number of hydrogen-bond donors (Lipinski definition) is 0. The van der Waals surface area contributed by atoms with Crippen LogP contribution < -0.4 is 0 Å². The highest BCUT2D eigenvalue weighted by Crippen LogP contribution is 2.17. The van der Waals surface area contributed by atoms with Gasteiger partial charge < -0.3 is 14.1 Å². The van der Waals surface area contributed by atoms with Crippen molar-refractivity contribution in [3.63, 3.8) is 0 Å². The lowest BCUT2D eigenvalue weighted by Gasteiger charge is -2.38. The number of furan rings is 1. The van der Waals surface area contributed by atoms with Crippen molar-refractivity contribution in [2.45, 2.75) is 25.9 Å². The molecule has 0 saturated carbocycles. The summed E-state index contributed by atoms with van der Waals surface area (Å²) in [6, 6.07) is 3.62. The first-order valence-electron chi connectivity index (χ1n) is 5.14. The van der Waals surface area contributed by atoms with Crippen LogP contribution in [-0.4, -0.2) is 36.1 Å². The molecule has 1 aliphatic rings. The third-order valence-corrected chi connectivity index (χ3v) is 2.63. The van der Waals surface area contributed by atoms with Gasteiger partial charge in [-0.25, -0.2) is 0 Å². The lowest BCUT2D eigenvalue weighted by atomic mass is 10.1. The quantitative estimate of drug-likeness (QED) is 0.704. The van der Waals surface area contributed by atoms with Gasteiger partial charge in [-0.1, -0.05) is 0 Å². The predicted molar refractivity (Wildman–Crippen MR) is 54.6 cm³/mol. The van der Waals surface area contributed by atoms with Crippen LogP contribution >= 0.6 is 0 Å². The van der Waals surface area contributed by atoms with Gasteiger partial charge in [-0.2, -0.15) is 0 Å². The Morgan fingerprint density at radius 2 is 2.07 bits per heavy atom. The average Bonchev–Trinajstić information content (AvgIpc) is 2.69. The Labute approximate surface area is 88.8 Å². The number of nitrogens with zero attached hydrogens (tertiary/aromatic N) is 1. The lowest BCUT2D eigenvalue weighted by molar-refractivity contribution is -0.0263. The largest absolute Gasteiger partial charge is 0.459 e. The fourth-order valence-corrected chi connectivity index (χ4v) is 1.93. The van der Waals surface area contributed by atoms with E-state index in [1.54, 1.807) is 12.1 Å². The minimum atomic E-state index is -0.0525. The van der Waals surface area contributed by atoms with E-state index in [4.69, 9.17) is 9.15 Å². The third kappa shape index (κ3) is 1.90. The molecule has 1 aliphatic heterocycles.